The smallest absolute Gasteiger partial charge is 0.266 e. The first-order valence-electron chi connectivity index (χ1n) is 9.05. The molecule has 0 unspecified atom stereocenters. The third-order valence-electron chi connectivity index (χ3n) is 4.40. The number of hydrogen-bond acceptors (Lipinski definition) is 5. The van der Waals surface area contributed by atoms with Crippen molar-refractivity contribution >= 4 is 57.0 Å². The third-order valence-corrected chi connectivity index (χ3v) is 5.86. The molecule has 1 aliphatic heterocycles. The minimum atomic E-state index is -0.513. The van der Waals surface area contributed by atoms with Crippen LogP contribution < -0.4 is 20.7 Å². The lowest BCUT2D eigenvalue weighted by Crippen LogP contribution is -2.25. The van der Waals surface area contributed by atoms with Crippen LogP contribution in [0.3, 0.4) is 0 Å². The van der Waals surface area contributed by atoms with E-state index in [0.717, 1.165) is 17.4 Å². The molecule has 0 bridgehead atoms. The van der Waals surface area contributed by atoms with Gasteiger partial charge in [-0.3, -0.25) is 14.4 Å². The van der Waals surface area contributed by atoms with Gasteiger partial charge in [-0.25, -0.2) is 4.39 Å². The highest BCUT2D eigenvalue weighted by Gasteiger charge is 2.21. The molecule has 158 valence electrons. The molecule has 2 heterocycles. The highest BCUT2D eigenvalue weighted by atomic mass is 35.5. The number of ether oxygens (including phenoxy) is 1. The molecule has 0 spiro atoms. The Kier molecular flexibility index (Phi) is 5.62. The van der Waals surface area contributed by atoms with E-state index in [1.807, 2.05) is 0 Å². The van der Waals surface area contributed by atoms with E-state index in [1.165, 1.54) is 30.3 Å². The lowest BCUT2D eigenvalue weighted by Gasteiger charge is -2.19. The van der Waals surface area contributed by atoms with Crippen LogP contribution in [0.25, 0.3) is 0 Å². The van der Waals surface area contributed by atoms with Crippen molar-refractivity contribution in [1.29, 1.82) is 0 Å². The van der Waals surface area contributed by atoms with Crippen LogP contribution in [0.4, 0.5) is 20.8 Å². The van der Waals surface area contributed by atoms with Crippen molar-refractivity contribution in [3.05, 3.63) is 69.3 Å². The summed E-state index contributed by atoms with van der Waals surface area (Å²) in [5.41, 5.74) is 1.56. The van der Waals surface area contributed by atoms with E-state index in [4.69, 9.17) is 16.3 Å². The molecular formula is C21H15ClFN3O4S. The van der Waals surface area contributed by atoms with Crippen molar-refractivity contribution in [3.8, 4) is 5.75 Å². The van der Waals surface area contributed by atoms with Crippen LogP contribution >= 0.6 is 22.9 Å². The van der Waals surface area contributed by atoms with E-state index in [1.54, 1.807) is 13.0 Å². The van der Waals surface area contributed by atoms with Crippen LogP contribution in [0.15, 0.2) is 42.5 Å². The van der Waals surface area contributed by atoms with Crippen LogP contribution in [0, 0.1) is 12.7 Å². The van der Waals surface area contributed by atoms with Gasteiger partial charge in [-0.1, -0.05) is 17.7 Å². The van der Waals surface area contributed by atoms with Gasteiger partial charge in [-0.05, 0) is 42.8 Å². The van der Waals surface area contributed by atoms with Crippen molar-refractivity contribution in [1.82, 2.24) is 0 Å². The van der Waals surface area contributed by atoms with E-state index in [0.29, 0.717) is 32.6 Å². The van der Waals surface area contributed by atoms with E-state index < -0.39 is 17.6 Å². The van der Waals surface area contributed by atoms with Gasteiger partial charge >= 0.3 is 0 Å². The van der Waals surface area contributed by atoms with Crippen molar-refractivity contribution in [2.75, 3.05) is 22.6 Å². The van der Waals surface area contributed by atoms with Crippen molar-refractivity contribution in [2.45, 2.75) is 6.92 Å². The van der Waals surface area contributed by atoms with Crippen LogP contribution in [0.2, 0.25) is 5.02 Å². The highest BCUT2D eigenvalue weighted by Crippen LogP contribution is 2.37. The zero-order valence-electron chi connectivity index (χ0n) is 16.0. The minimum Gasteiger partial charge on any atom is -0.482 e. The van der Waals surface area contributed by atoms with E-state index in [2.05, 4.69) is 16.0 Å². The average molecular weight is 460 g/mol. The molecule has 10 heteroatoms. The SMILES string of the molecule is Cc1cc(NC(=O)c2cccc(F)c2)sc1C(=O)Nc1cc2c(cc1Cl)NC(=O)CO2. The maximum absolute atomic E-state index is 13.3. The lowest BCUT2D eigenvalue weighted by molar-refractivity contribution is -0.118. The molecule has 1 aliphatic rings. The zero-order valence-corrected chi connectivity index (χ0v) is 17.6. The monoisotopic (exact) mass is 459 g/mol. The number of anilines is 3. The van der Waals surface area contributed by atoms with Gasteiger partial charge in [0.25, 0.3) is 17.7 Å². The Balaban J connectivity index is 1.50. The second kappa shape index (κ2) is 8.37. The average Bonchev–Trinajstić information content (AvgIpc) is 3.08. The quantitative estimate of drug-likeness (QED) is 0.527. The van der Waals surface area contributed by atoms with Gasteiger partial charge in [0.2, 0.25) is 0 Å². The Morgan fingerprint density at radius 1 is 1.16 bits per heavy atom. The number of rotatable bonds is 4. The molecule has 7 nitrogen and oxygen atoms in total. The number of carbonyl (C=O) groups is 3. The molecule has 0 fully saturated rings. The maximum atomic E-state index is 13.3. The normalized spacial score (nSPS) is 12.4. The van der Waals surface area contributed by atoms with Gasteiger partial charge in [0.05, 0.1) is 26.3 Å². The number of fused-ring (bicyclic) bond motifs is 1. The summed E-state index contributed by atoms with van der Waals surface area (Å²) in [6.07, 6.45) is 0. The second-order valence-electron chi connectivity index (χ2n) is 6.71. The van der Waals surface area contributed by atoms with Crippen molar-refractivity contribution < 1.29 is 23.5 Å². The number of nitrogens with one attached hydrogen (secondary N) is 3. The largest absolute Gasteiger partial charge is 0.482 e. The van der Waals surface area contributed by atoms with E-state index in [-0.39, 0.29) is 23.1 Å². The Hall–Kier alpha value is -3.43. The predicted molar refractivity (Wildman–Crippen MR) is 117 cm³/mol. The molecule has 0 aliphatic carbocycles. The van der Waals surface area contributed by atoms with Gasteiger partial charge in [0.1, 0.15) is 11.6 Å². The summed E-state index contributed by atoms with van der Waals surface area (Å²) in [6, 6.07) is 10.0. The van der Waals surface area contributed by atoms with Crippen LogP contribution in [-0.4, -0.2) is 24.3 Å². The fourth-order valence-electron chi connectivity index (χ4n) is 2.96. The molecule has 0 saturated heterocycles. The molecule has 3 aromatic rings. The summed E-state index contributed by atoms with van der Waals surface area (Å²) in [5, 5.41) is 8.70. The molecule has 31 heavy (non-hydrogen) atoms. The van der Waals surface area contributed by atoms with Crippen LogP contribution in [0.5, 0.6) is 5.75 Å². The fourth-order valence-corrected chi connectivity index (χ4v) is 4.13. The maximum Gasteiger partial charge on any atom is 0.266 e. The van der Waals surface area contributed by atoms with Gasteiger partial charge in [0, 0.05) is 11.6 Å². The first kappa shape index (κ1) is 20.8. The Bertz CT molecular complexity index is 1230. The summed E-state index contributed by atoms with van der Waals surface area (Å²) in [5.74, 6) is -1.31. The molecule has 2 aromatic carbocycles. The van der Waals surface area contributed by atoms with E-state index in [9.17, 15) is 18.8 Å². The number of halogens is 2. The zero-order chi connectivity index (χ0) is 22.1. The van der Waals surface area contributed by atoms with Crippen molar-refractivity contribution in [2.24, 2.45) is 0 Å². The van der Waals surface area contributed by atoms with Crippen molar-refractivity contribution in [3.63, 3.8) is 0 Å². The van der Waals surface area contributed by atoms with Gasteiger partial charge < -0.3 is 20.7 Å². The number of carbonyl (C=O) groups excluding carboxylic acids is 3. The number of hydrogen-bond donors (Lipinski definition) is 3. The molecule has 0 saturated carbocycles. The number of aryl methyl sites for hydroxylation is 1. The molecule has 4 rings (SSSR count). The second-order valence-corrected chi connectivity index (χ2v) is 8.17. The molecule has 3 N–H and O–H groups in total. The number of thiophene rings is 1. The predicted octanol–water partition coefficient (Wildman–Crippen LogP) is 4.68. The Labute approximate surface area is 185 Å². The number of benzene rings is 2. The molecule has 0 radical (unpaired) electrons. The van der Waals surface area contributed by atoms with Crippen LogP contribution in [0.1, 0.15) is 25.6 Å². The summed E-state index contributed by atoms with van der Waals surface area (Å²) in [7, 11) is 0. The lowest BCUT2D eigenvalue weighted by atomic mass is 10.2. The summed E-state index contributed by atoms with van der Waals surface area (Å²) >= 11 is 7.31. The summed E-state index contributed by atoms with van der Waals surface area (Å²) in [4.78, 5) is 36.9. The number of amides is 3. The standard InChI is InChI=1S/C21H15ClFN3O4S/c1-10-5-18(26-20(28)11-3-2-4-12(23)6-11)31-19(10)21(29)25-14-8-16-15(7-13(14)22)24-17(27)9-30-16/h2-8H,9H2,1H3,(H,24,27)(H,25,29)(H,26,28). The first-order chi connectivity index (χ1) is 14.8. The minimum absolute atomic E-state index is 0.125. The Morgan fingerprint density at radius 3 is 2.74 bits per heavy atom. The Morgan fingerprint density at radius 2 is 1.97 bits per heavy atom. The first-order valence-corrected chi connectivity index (χ1v) is 10.2. The fraction of sp³-hybridized carbons (Fsp3) is 0.0952. The molecule has 3 amide bonds. The molecular weight excluding hydrogens is 445 g/mol. The topological polar surface area (TPSA) is 96.5 Å². The highest BCUT2D eigenvalue weighted by molar-refractivity contribution is 7.18. The van der Waals surface area contributed by atoms with Gasteiger partial charge in [-0.15, -0.1) is 11.3 Å². The summed E-state index contributed by atoms with van der Waals surface area (Å²) in [6.45, 7) is 1.61. The van der Waals surface area contributed by atoms with E-state index >= 15 is 0 Å². The van der Waals surface area contributed by atoms with Gasteiger partial charge in [-0.2, -0.15) is 0 Å². The molecule has 1 aromatic heterocycles. The van der Waals surface area contributed by atoms with Crippen LogP contribution in [-0.2, 0) is 4.79 Å². The summed E-state index contributed by atoms with van der Waals surface area (Å²) < 4.78 is 18.7. The van der Waals surface area contributed by atoms with Gasteiger partial charge in [0.15, 0.2) is 6.61 Å². The molecule has 0 atom stereocenters. The third kappa shape index (κ3) is 4.52.